The van der Waals surface area contributed by atoms with Crippen molar-refractivity contribution in [2.75, 3.05) is 6.61 Å². The fraction of sp³-hybridized carbons (Fsp3) is 0.100. The topological polar surface area (TPSA) is 21.6 Å². The van der Waals surface area contributed by atoms with Crippen molar-refractivity contribution in [1.29, 1.82) is 0 Å². The summed E-state index contributed by atoms with van der Waals surface area (Å²) in [5.41, 5.74) is 1.47. The fourth-order valence-electron chi connectivity index (χ4n) is 1.10. The third-order valence-electron chi connectivity index (χ3n) is 1.73. The molecule has 66 valence electrons. The third-order valence-corrected chi connectivity index (χ3v) is 1.73. The first-order valence-corrected chi connectivity index (χ1v) is 3.91. The highest BCUT2D eigenvalue weighted by atomic mass is 19.1. The van der Waals surface area contributed by atoms with Crippen LogP contribution >= 0.6 is 0 Å². The van der Waals surface area contributed by atoms with Crippen LogP contribution in [0.3, 0.4) is 0 Å². The van der Waals surface area contributed by atoms with Gasteiger partial charge < -0.3 is 4.74 Å². The SMILES string of the molecule is C=C1COC(c2ccc(F)cc2)=N1. The molecule has 0 atom stereocenters. The van der Waals surface area contributed by atoms with E-state index >= 15 is 0 Å². The van der Waals surface area contributed by atoms with E-state index in [2.05, 4.69) is 11.6 Å². The largest absolute Gasteiger partial charge is 0.471 e. The van der Waals surface area contributed by atoms with Crippen molar-refractivity contribution < 1.29 is 9.13 Å². The Labute approximate surface area is 75.4 Å². The van der Waals surface area contributed by atoms with Gasteiger partial charge in [-0.05, 0) is 24.3 Å². The molecule has 0 N–H and O–H groups in total. The Morgan fingerprint density at radius 2 is 2.00 bits per heavy atom. The van der Waals surface area contributed by atoms with Gasteiger partial charge in [-0.25, -0.2) is 9.38 Å². The van der Waals surface area contributed by atoms with Crippen molar-refractivity contribution in [1.82, 2.24) is 0 Å². The van der Waals surface area contributed by atoms with E-state index in [1.165, 1.54) is 12.1 Å². The third kappa shape index (κ3) is 1.59. The maximum absolute atomic E-state index is 12.6. The minimum Gasteiger partial charge on any atom is -0.471 e. The lowest BCUT2D eigenvalue weighted by Crippen LogP contribution is -2.00. The predicted octanol–water partition coefficient (Wildman–Crippen LogP) is 2.12. The summed E-state index contributed by atoms with van der Waals surface area (Å²) < 4.78 is 17.8. The van der Waals surface area contributed by atoms with Crippen LogP contribution in [0.4, 0.5) is 4.39 Å². The zero-order chi connectivity index (χ0) is 9.26. The summed E-state index contributed by atoms with van der Waals surface area (Å²) in [5.74, 6) is 0.256. The first kappa shape index (κ1) is 7.98. The second-order valence-electron chi connectivity index (χ2n) is 2.78. The molecule has 1 heterocycles. The lowest BCUT2D eigenvalue weighted by Gasteiger charge is -1.99. The number of rotatable bonds is 1. The molecule has 0 spiro atoms. The molecule has 2 rings (SSSR count). The molecule has 1 aromatic carbocycles. The van der Waals surface area contributed by atoms with Gasteiger partial charge in [0.25, 0.3) is 0 Å². The maximum Gasteiger partial charge on any atom is 0.221 e. The molecule has 1 aliphatic heterocycles. The van der Waals surface area contributed by atoms with Gasteiger partial charge in [0.2, 0.25) is 5.90 Å². The van der Waals surface area contributed by atoms with Crippen LogP contribution in [-0.4, -0.2) is 12.5 Å². The molecular formula is C10H8FNO. The van der Waals surface area contributed by atoms with Crippen LogP contribution in [0.15, 0.2) is 41.5 Å². The quantitative estimate of drug-likeness (QED) is 0.643. The number of halogens is 1. The van der Waals surface area contributed by atoms with Gasteiger partial charge in [-0.15, -0.1) is 0 Å². The molecule has 0 fully saturated rings. The average molecular weight is 177 g/mol. The predicted molar refractivity (Wildman–Crippen MR) is 48.0 cm³/mol. The summed E-state index contributed by atoms with van der Waals surface area (Å²) in [5, 5.41) is 0. The minimum absolute atomic E-state index is 0.263. The number of hydrogen-bond donors (Lipinski definition) is 0. The summed E-state index contributed by atoms with van der Waals surface area (Å²) in [4.78, 5) is 4.07. The molecule has 0 bridgehead atoms. The highest BCUT2D eigenvalue weighted by Gasteiger charge is 2.12. The Hall–Kier alpha value is -1.64. The molecule has 1 aliphatic rings. The van der Waals surface area contributed by atoms with Crippen LogP contribution in [0.5, 0.6) is 0 Å². The lowest BCUT2D eigenvalue weighted by atomic mass is 10.2. The van der Waals surface area contributed by atoms with Crippen LogP contribution in [0.25, 0.3) is 0 Å². The highest BCUT2D eigenvalue weighted by molar-refractivity contribution is 5.95. The van der Waals surface area contributed by atoms with Crippen molar-refractivity contribution in [3.63, 3.8) is 0 Å². The van der Waals surface area contributed by atoms with E-state index in [9.17, 15) is 4.39 Å². The molecule has 2 nitrogen and oxygen atoms in total. The Kier molecular flexibility index (Phi) is 1.85. The van der Waals surface area contributed by atoms with Crippen molar-refractivity contribution in [3.8, 4) is 0 Å². The van der Waals surface area contributed by atoms with Gasteiger partial charge in [0, 0.05) is 5.56 Å². The standard InChI is InChI=1S/C10H8FNO/c1-7-6-13-10(12-7)8-2-4-9(11)5-3-8/h2-5H,1,6H2. The van der Waals surface area contributed by atoms with E-state index in [4.69, 9.17) is 4.74 Å². The lowest BCUT2D eigenvalue weighted by molar-refractivity contribution is 0.364. The summed E-state index contributed by atoms with van der Waals surface area (Å²) in [6, 6.07) is 6.02. The van der Waals surface area contributed by atoms with Crippen LogP contribution < -0.4 is 0 Å². The monoisotopic (exact) mass is 177 g/mol. The number of ether oxygens (including phenoxy) is 1. The van der Waals surface area contributed by atoms with E-state index in [1.807, 2.05) is 0 Å². The molecule has 3 heteroatoms. The minimum atomic E-state index is -0.263. The Bertz CT molecular complexity index is 367. The number of benzene rings is 1. The summed E-state index contributed by atoms with van der Waals surface area (Å²) in [6.45, 7) is 4.08. The molecule has 0 saturated heterocycles. The first-order valence-electron chi connectivity index (χ1n) is 3.91. The van der Waals surface area contributed by atoms with Gasteiger partial charge in [-0.2, -0.15) is 0 Å². The Morgan fingerprint density at radius 1 is 1.31 bits per heavy atom. The van der Waals surface area contributed by atoms with E-state index in [1.54, 1.807) is 12.1 Å². The van der Waals surface area contributed by atoms with Gasteiger partial charge in [-0.3, -0.25) is 0 Å². The zero-order valence-electron chi connectivity index (χ0n) is 6.96. The number of aliphatic imine (C=N–C) groups is 1. The van der Waals surface area contributed by atoms with E-state index in [0.717, 1.165) is 5.56 Å². The summed E-state index contributed by atoms with van der Waals surface area (Å²) in [7, 11) is 0. The molecule has 0 amide bonds. The second kappa shape index (κ2) is 3.01. The van der Waals surface area contributed by atoms with Gasteiger partial charge in [0.1, 0.15) is 12.4 Å². The average Bonchev–Trinajstić information content (AvgIpc) is 2.53. The fourth-order valence-corrected chi connectivity index (χ4v) is 1.10. The molecule has 1 aromatic rings. The van der Waals surface area contributed by atoms with Crippen molar-refractivity contribution in [2.45, 2.75) is 0 Å². The molecule has 0 aliphatic carbocycles. The van der Waals surface area contributed by atoms with Crippen LogP contribution in [-0.2, 0) is 4.74 Å². The van der Waals surface area contributed by atoms with E-state index in [-0.39, 0.29) is 5.82 Å². The smallest absolute Gasteiger partial charge is 0.221 e. The van der Waals surface area contributed by atoms with E-state index in [0.29, 0.717) is 18.2 Å². The van der Waals surface area contributed by atoms with Gasteiger partial charge in [0.05, 0.1) is 5.70 Å². The first-order chi connectivity index (χ1) is 6.25. The maximum atomic E-state index is 12.6. The van der Waals surface area contributed by atoms with Crippen molar-refractivity contribution in [3.05, 3.63) is 47.9 Å². The van der Waals surface area contributed by atoms with Crippen LogP contribution in [0.2, 0.25) is 0 Å². The molecule has 13 heavy (non-hydrogen) atoms. The highest BCUT2D eigenvalue weighted by Crippen LogP contribution is 2.13. The van der Waals surface area contributed by atoms with Gasteiger partial charge >= 0.3 is 0 Å². The molecule has 0 radical (unpaired) electrons. The van der Waals surface area contributed by atoms with Crippen molar-refractivity contribution in [2.24, 2.45) is 4.99 Å². The molecular weight excluding hydrogens is 169 g/mol. The molecule has 0 aromatic heterocycles. The van der Waals surface area contributed by atoms with E-state index < -0.39 is 0 Å². The molecule has 0 saturated carbocycles. The number of hydrogen-bond acceptors (Lipinski definition) is 2. The zero-order valence-corrected chi connectivity index (χ0v) is 6.96. The molecule has 0 unspecified atom stereocenters. The van der Waals surface area contributed by atoms with Crippen LogP contribution in [0.1, 0.15) is 5.56 Å². The summed E-state index contributed by atoms with van der Waals surface area (Å²) >= 11 is 0. The van der Waals surface area contributed by atoms with Crippen LogP contribution in [0, 0.1) is 5.82 Å². The number of nitrogens with zero attached hydrogens (tertiary/aromatic N) is 1. The second-order valence-corrected chi connectivity index (χ2v) is 2.78. The summed E-state index contributed by atoms with van der Waals surface area (Å²) in [6.07, 6.45) is 0. The van der Waals surface area contributed by atoms with Gasteiger partial charge in [0.15, 0.2) is 0 Å². The van der Waals surface area contributed by atoms with Gasteiger partial charge in [-0.1, -0.05) is 6.58 Å². The normalized spacial score (nSPS) is 15.5. The Morgan fingerprint density at radius 3 is 2.54 bits per heavy atom. The van der Waals surface area contributed by atoms with Crippen molar-refractivity contribution >= 4 is 5.90 Å². The Balaban J connectivity index is 2.31.